The van der Waals surface area contributed by atoms with Crippen LogP contribution in [0.15, 0.2) is 42.2 Å². The zero-order valence-corrected chi connectivity index (χ0v) is 12.2. The van der Waals surface area contributed by atoms with Crippen molar-refractivity contribution in [3.8, 4) is 0 Å². The van der Waals surface area contributed by atoms with Gasteiger partial charge in [0.15, 0.2) is 0 Å². The third-order valence-electron chi connectivity index (χ3n) is 2.17. The van der Waals surface area contributed by atoms with Gasteiger partial charge in [-0.25, -0.2) is 0 Å². The van der Waals surface area contributed by atoms with Gasteiger partial charge in [-0.2, -0.15) is 0 Å². The molecule has 0 aliphatic heterocycles. The van der Waals surface area contributed by atoms with E-state index in [1.165, 1.54) is 12.8 Å². The van der Waals surface area contributed by atoms with Gasteiger partial charge >= 0.3 is 0 Å². The Morgan fingerprint density at radius 1 is 1.00 bits per heavy atom. The molecule has 0 unspecified atom stereocenters. The molecule has 0 aliphatic carbocycles. The maximum absolute atomic E-state index is 5.53. The molecule has 0 fully saturated rings. The Kier molecular flexibility index (Phi) is 15.6. The average molecular weight is 269 g/mol. The maximum Gasteiger partial charge on any atom is 0.0647 e. The molecule has 18 heavy (non-hydrogen) atoms. The third-order valence-corrected chi connectivity index (χ3v) is 2.39. The van der Waals surface area contributed by atoms with Crippen molar-refractivity contribution in [2.75, 3.05) is 19.1 Å². The Balaban J connectivity index is 3.29. The summed E-state index contributed by atoms with van der Waals surface area (Å²) >= 11 is 5.53. The van der Waals surface area contributed by atoms with E-state index >= 15 is 0 Å². The summed E-state index contributed by atoms with van der Waals surface area (Å²) < 4.78 is 5.45. The fraction of sp³-hybridized carbons (Fsp3) is 0.562. The quantitative estimate of drug-likeness (QED) is 0.221. The number of hydrogen-bond acceptors (Lipinski definition) is 1. The topological polar surface area (TPSA) is 9.23 Å². The Morgan fingerprint density at radius 2 is 1.78 bits per heavy atom. The molecule has 0 N–H and O–H groups in total. The van der Waals surface area contributed by atoms with Crippen molar-refractivity contribution < 1.29 is 4.74 Å². The Hall–Kier alpha value is -0.750. The summed E-state index contributed by atoms with van der Waals surface area (Å²) in [6, 6.07) is 0. The summed E-state index contributed by atoms with van der Waals surface area (Å²) in [4.78, 5) is 0. The van der Waals surface area contributed by atoms with Gasteiger partial charge in [0.2, 0.25) is 0 Å². The second-order valence-corrected chi connectivity index (χ2v) is 4.26. The van der Waals surface area contributed by atoms with E-state index in [4.69, 9.17) is 16.3 Å². The second-order valence-electron chi connectivity index (χ2n) is 3.88. The molecule has 0 bridgehead atoms. The Bertz CT molecular complexity index is 273. The highest BCUT2D eigenvalue weighted by Gasteiger charge is 1.81. The molecule has 0 aromatic rings. The van der Waals surface area contributed by atoms with Crippen LogP contribution in [-0.4, -0.2) is 19.1 Å². The summed E-state index contributed by atoms with van der Waals surface area (Å²) in [5.41, 5.74) is 3.08. The van der Waals surface area contributed by atoms with Gasteiger partial charge in [0.25, 0.3) is 0 Å². The van der Waals surface area contributed by atoms with E-state index in [1.54, 1.807) is 0 Å². The number of halogens is 1. The number of allylic oxidation sites excluding steroid dienone is 3. The molecule has 0 aromatic heterocycles. The second kappa shape index (κ2) is 16.2. The Morgan fingerprint density at radius 3 is 2.56 bits per heavy atom. The highest BCUT2D eigenvalue weighted by molar-refractivity contribution is 6.17. The average Bonchev–Trinajstić information content (AvgIpc) is 2.39. The first-order chi connectivity index (χ1) is 8.91. The van der Waals surface area contributed by atoms with Crippen LogP contribution in [0.2, 0.25) is 0 Å². The molecule has 0 aromatic carbocycles. The van der Waals surface area contributed by atoms with Gasteiger partial charge in [-0.05, 0) is 37.8 Å². The van der Waals surface area contributed by atoms with Crippen LogP contribution in [0.1, 0.15) is 39.0 Å². The van der Waals surface area contributed by atoms with Crippen LogP contribution in [0.5, 0.6) is 0 Å². The maximum atomic E-state index is 5.53. The lowest BCUT2D eigenvalue weighted by Gasteiger charge is -1.95. The molecular formula is C16H25ClO. The molecular weight excluding hydrogens is 244 g/mol. The van der Waals surface area contributed by atoms with Crippen molar-refractivity contribution in [1.29, 1.82) is 0 Å². The molecule has 0 saturated carbocycles. The number of rotatable bonds is 11. The summed E-state index contributed by atoms with van der Waals surface area (Å²) in [7, 11) is 0. The number of ether oxygens (including phenoxy) is 1. The van der Waals surface area contributed by atoms with Gasteiger partial charge < -0.3 is 4.74 Å². The van der Waals surface area contributed by atoms with Crippen molar-refractivity contribution in [3.05, 3.63) is 42.2 Å². The molecule has 0 amide bonds. The lowest BCUT2D eigenvalue weighted by atomic mass is 10.3. The van der Waals surface area contributed by atoms with Crippen LogP contribution in [0.4, 0.5) is 0 Å². The van der Waals surface area contributed by atoms with E-state index in [1.807, 2.05) is 12.2 Å². The molecule has 0 spiro atoms. The first kappa shape index (κ1) is 17.2. The third kappa shape index (κ3) is 15.2. The number of unbranched alkanes of at least 4 members (excludes halogenated alkanes) is 1. The van der Waals surface area contributed by atoms with Crippen molar-refractivity contribution in [2.24, 2.45) is 0 Å². The van der Waals surface area contributed by atoms with Crippen LogP contribution >= 0.6 is 11.6 Å². The van der Waals surface area contributed by atoms with Crippen molar-refractivity contribution in [2.45, 2.75) is 39.0 Å². The Labute approximate surface area is 117 Å². The van der Waals surface area contributed by atoms with Crippen LogP contribution < -0.4 is 0 Å². The predicted molar refractivity (Wildman–Crippen MR) is 81.2 cm³/mol. The molecule has 0 atom stereocenters. The molecule has 0 aliphatic rings. The first-order valence-electron chi connectivity index (χ1n) is 6.75. The van der Waals surface area contributed by atoms with E-state index < -0.39 is 0 Å². The molecule has 0 radical (unpaired) electrons. The van der Waals surface area contributed by atoms with Crippen molar-refractivity contribution in [3.63, 3.8) is 0 Å². The van der Waals surface area contributed by atoms with Gasteiger partial charge in [-0.3, -0.25) is 0 Å². The van der Waals surface area contributed by atoms with E-state index in [-0.39, 0.29) is 0 Å². The summed E-state index contributed by atoms with van der Waals surface area (Å²) in [5.74, 6) is 0.662. The van der Waals surface area contributed by atoms with Crippen LogP contribution in [0, 0.1) is 0 Å². The zero-order chi connectivity index (χ0) is 13.3. The van der Waals surface area contributed by atoms with Crippen molar-refractivity contribution >= 4 is 11.6 Å². The molecule has 0 rings (SSSR count). The van der Waals surface area contributed by atoms with E-state index in [9.17, 15) is 0 Å². The molecule has 102 valence electrons. The van der Waals surface area contributed by atoms with Crippen LogP contribution in [0.3, 0.4) is 0 Å². The minimum absolute atomic E-state index is 0.662. The summed E-state index contributed by atoms with van der Waals surface area (Å²) in [6.45, 7) is 3.63. The standard InChI is InChI=1S/C16H25ClO/c1-2-3-4-5-6-9-12-15-18-16-13-10-7-8-11-14-17/h4-5,8-10,12H,2-3,6,11,13-16H2,1H3. The van der Waals surface area contributed by atoms with Gasteiger partial charge in [0.1, 0.15) is 0 Å². The summed E-state index contributed by atoms with van der Waals surface area (Å²) in [6.07, 6.45) is 17.8. The fourth-order valence-corrected chi connectivity index (χ4v) is 1.33. The van der Waals surface area contributed by atoms with Crippen LogP contribution in [0.25, 0.3) is 0 Å². The molecule has 0 saturated heterocycles. The van der Waals surface area contributed by atoms with E-state index in [2.05, 4.69) is 37.0 Å². The van der Waals surface area contributed by atoms with Gasteiger partial charge in [0.05, 0.1) is 13.2 Å². The van der Waals surface area contributed by atoms with Crippen molar-refractivity contribution in [1.82, 2.24) is 0 Å². The number of hydrogen-bond donors (Lipinski definition) is 0. The smallest absolute Gasteiger partial charge is 0.0647 e. The number of alkyl halides is 1. The molecule has 1 nitrogen and oxygen atoms in total. The minimum atomic E-state index is 0.662. The largest absolute Gasteiger partial charge is 0.377 e. The lowest BCUT2D eigenvalue weighted by molar-refractivity contribution is 0.167. The predicted octanol–water partition coefficient (Wildman–Crippen LogP) is 5.04. The zero-order valence-electron chi connectivity index (χ0n) is 11.4. The first-order valence-corrected chi connectivity index (χ1v) is 7.28. The molecule has 2 heteroatoms. The summed E-state index contributed by atoms with van der Waals surface area (Å²) in [5, 5.41) is 0. The molecule has 0 heterocycles. The highest BCUT2D eigenvalue weighted by atomic mass is 35.5. The minimum Gasteiger partial charge on any atom is -0.377 e. The van der Waals surface area contributed by atoms with Gasteiger partial charge in [-0.15, -0.1) is 17.3 Å². The van der Waals surface area contributed by atoms with Crippen LogP contribution in [-0.2, 0) is 4.74 Å². The van der Waals surface area contributed by atoms with Gasteiger partial charge in [0, 0.05) is 5.88 Å². The van der Waals surface area contributed by atoms with E-state index in [0.29, 0.717) is 12.5 Å². The fourth-order valence-electron chi connectivity index (χ4n) is 1.22. The normalized spacial score (nSPS) is 11.0. The van der Waals surface area contributed by atoms with Gasteiger partial charge in [-0.1, -0.05) is 37.6 Å². The lowest BCUT2D eigenvalue weighted by Crippen LogP contribution is -1.91. The highest BCUT2D eigenvalue weighted by Crippen LogP contribution is 1.93. The van der Waals surface area contributed by atoms with E-state index in [0.717, 1.165) is 25.9 Å². The monoisotopic (exact) mass is 268 g/mol. The SMILES string of the molecule is CCCC=CCC=CCOCCC=C=CCCCl.